The van der Waals surface area contributed by atoms with E-state index in [4.69, 9.17) is 9.15 Å². The maximum atomic E-state index is 13.1. The first kappa shape index (κ1) is 21.2. The van der Waals surface area contributed by atoms with Crippen LogP contribution < -0.4 is 4.90 Å². The maximum Gasteiger partial charge on any atom is 0.416 e. The molecule has 0 spiro atoms. The van der Waals surface area contributed by atoms with Gasteiger partial charge in [0.1, 0.15) is 23.0 Å². The summed E-state index contributed by atoms with van der Waals surface area (Å²) in [6.07, 6.45) is -2.85. The molecule has 0 unspecified atom stereocenters. The topological polar surface area (TPSA) is 71.7 Å². The van der Waals surface area contributed by atoms with Crippen molar-refractivity contribution >= 4 is 34.0 Å². The smallest absolute Gasteiger partial charge is 0.416 e. The highest BCUT2D eigenvalue weighted by molar-refractivity contribution is 6.05. The molecule has 1 fully saturated rings. The Morgan fingerprint density at radius 1 is 1.26 bits per heavy atom. The number of furan rings is 1. The van der Waals surface area contributed by atoms with Gasteiger partial charge in [0.05, 0.1) is 11.6 Å². The van der Waals surface area contributed by atoms with Gasteiger partial charge in [-0.25, -0.2) is 14.8 Å². The van der Waals surface area contributed by atoms with E-state index in [2.05, 4.69) is 9.97 Å². The Labute approximate surface area is 176 Å². The fraction of sp³-hybridized carbons (Fsp3) is 0.476. The van der Waals surface area contributed by atoms with Crippen LogP contribution in [0.4, 0.5) is 23.8 Å². The Morgan fingerprint density at radius 2 is 2.00 bits per heavy atom. The van der Waals surface area contributed by atoms with Gasteiger partial charge in [-0.3, -0.25) is 0 Å². The number of anilines is 1. The van der Waals surface area contributed by atoms with E-state index in [0.29, 0.717) is 42.0 Å². The average Bonchev–Trinajstić information content (AvgIpc) is 3.29. The summed E-state index contributed by atoms with van der Waals surface area (Å²) >= 11 is 0. The zero-order valence-corrected chi connectivity index (χ0v) is 17.7. The molecule has 31 heavy (non-hydrogen) atoms. The Morgan fingerprint density at radius 3 is 2.68 bits per heavy atom. The van der Waals surface area contributed by atoms with Crippen LogP contribution in [0, 0.1) is 0 Å². The summed E-state index contributed by atoms with van der Waals surface area (Å²) in [4.78, 5) is 24.4. The number of amides is 1. The van der Waals surface area contributed by atoms with Crippen molar-refractivity contribution < 1.29 is 27.1 Å². The lowest BCUT2D eigenvalue weighted by molar-refractivity contribution is -0.137. The predicted octanol–water partition coefficient (Wildman–Crippen LogP) is 4.84. The van der Waals surface area contributed by atoms with Crippen LogP contribution in [0.3, 0.4) is 0 Å². The van der Waals surface area contributed by atoms with Crippen molar-refractivity contribution in [1.82, 2.24) is 14.9 Å². The molecule has 1 atom stereocenters. The number of benzene rings is 1. The largest absolute Gasteiger partial charge is 0.450 e. The minimum atomic E-state index is -4.46. The summed E-state index contributed by atoms with van der Waals surface area (Å²) in [7, 11) is 1.69. The molecule has 1 aliphatic heterocycles. The number of rotatable bonds is 2. The first-order valence-corrected chi connectivity index (χ1v) is 9.89. The number of ether oxygens (including phenoxy) is 1. The molecule has 1 aliphatic rings. The lowest BCUT2D eigenvalue weighted by Gasteiger charge is -2.28. The monoisotopic (exact) mass is 436 g/mol. The number of aromatic nitrogens is 2. The molecule has 1 amide bonds. The maximum absolute atomic E-state index is 13.1. The third-order valence-corrected chi connectivity index (χ3v) is 5.25. The van der Waals surface area contributed by atoms with Crippen molar-refractivity contribution in [1.29, 1.82) is 0 Å². The average molecular weight is 436 g/mol. The molecule has 0 N–H and O–H groups in total. The van der Waals surface area contributed by atoms with Crippen molar-refractivity contribution in [3.05, 3.63) is 30.1 Å². The summed E-state index contributed by atoms with van der Waals surface area (Å²) in [5.41, 5.74) is -0.381. The van der Waals surface area contributed by atoms with Gasteiger partial charge in [-0.2, -0.15) is 13.2 Å². The summed E-state index contributed by atoms with van der Waals surface area (Å²) in [6, 6.07) is 3.23. The number of likely N-dealkylation sites (N-methyl/N-ethyl adjacent to an activating group) is 1. The predicted molar refractivity (Wildman–Crippen MR) is 109 cm³/mol. The van der Waals surface area contributed by atoms with Crippen LogP contribution in [0.2, 0.25) is 0 Å². The lowest BCUT2D eigenvalue weighted by atomic mass is 10.1. The molecular weight excluding hydrogens is 413 g/mol. The lowest BCUT2D eigenvalue weighted by Crippen LogP contribution is -2.42. The molecule has 1 saturated heterocycles. The molecule has 2 aromatic heterocycles. The number of hydrogen-bond acceptors (Lipinski definition) is 6. The molecule has 0 aliphatic carbocycles. The van der Waals surface area contributed by atoms with E-state index in [1.54, 1.807) is 11.9 Å². The standard InChI is InChI=1S/C21H23F3N4O3/c1-20(2,3)31-19(29)27(4)13-7-8-28(10-13)18-17-16(25-11-26-18)14-9-12(21(22,23)24)5-6-15(14)30-17/h5-6,9,11,13H,7-8,10H2,1-4H3/t13-/m1/s1. The van der Waals surface area contributed by atoms with E-state index < -0.39 is 23.4 Å². The molecule has 0 saturated carbocycles. The fourth-order valence-electron chi connectivity index (χ4n) is 3.70. The van der Waals surface area contributed by atoms with E-state index in [1.807, 2.05) is 25.7 Å². The van der Waals surface area contributed by atoms with Crippen molar-refractivity contribution in [2.75, 3.05) is 25.0 Å². The molecule has 10 heteroatoms. The van der Waals surface area contributed by atoms with E-state index in [-0.39, 0.29) is 11.4 Å². The van der Waals surface area contributed by atoms with Crippen molar-refractivity contribution in [3.8, 4) is 0 Å². The zero-order valence-electron chi connectivity index (χ0n) is 17.7. The van der Waals surface area contributed by atoms with E-state index >= 15 is 0 Å². The van der Waals surface area contributed by atoms with Gasteiger partial charge in [-0.15, -0.1) is 0 Å². The van der Waals surface area contributed by atoms with Gasteiger partial charge in [0.25, 0.3) is 0 Å². The number of halogens is 3. The highest BCUT2D eigenvalue weighted by Gasteiger charge is 2.34. The Kier molecular flexibility index (Phi) is 4.98. The van der Waals surface area contributed by atoms with Gasteiger partial charge in [-0.1, -0.05) is 0 Å². The molecular formula is C21H23F3N4O3. The molecule has 0 bridgehead atoms. The molecule has 1 aromatic carbocycles. The van der Waals surface area contributed by atoms with E-state index in [0.717, 1.165) is 12.1 Å². The Balaban J connectivity index is 1.62. The van der Waals surface area contributed by atoms with Crippen LogP contribution >= 0.6 is 0 Å². The highest BCUT2D eigenvalue weighted by Crippen LogP contribution is 2.37. The van der Waals surface area contributed by atoms with Crippen LogP contribution in [-0.2, 0) is 10.9 Å². The van der Waals surface area contributed by atoms with E-state index in [1.165, 1.54) is 12.4 Å². The van der Waals surface area contributed by atoms with Gasteiger partial charge in [0, 0.05) is 25.5 Å². The van der Waals surface area contributed by atoms with Crippen LogP contribution in [0.1, 0.15) is 32.8 Å². The normalized spacial score (nSPS) is 17.5. The van der Waals surface area contributed by atoms with Gasteiger partial charge < -0.3 is 19.0 Å². The number of carbonyl (C=O) groups excluding carboxylic acids is 1. The van der Waals surface area contributed by atoms with Crippen LogP contribution in [0.5, 0.6) is 0 Å². The summed E-state index contributed by atoms with van der Waals surface area (Å²) in [6.45, 7) is 6.52. The highest BCUT2D eigenvalue weighted by atomic mass is 19.4. The fourth-order valence-corrected chi connectivity index (χ4v) is 3.70. The van der Waals surface area contributed by atoms with Gasteiger partial charge in [-0.05, 0) is 45.4 Å². The number of fused-ring (bicyclic) bond motifs is 3. The minimum absolute atomic E-state index is 0.0962. The summed E-state index contributed by atoms with van der Waals surface area (Å²) in [5.74, 6) is 0.495. The number of nitrogens with zero attached hydrogens (tertiary/aromatic N) is 4. The second kappa shape index (κ2) is 7.28. The molecule has 4 rings (SSSR count). The van der Waals surface area contributed by atoms with Crippen molar-refractivity contribution in [2.24, 2.45) is 0 Å². The Bertz CT molecular complexity index is 1140. The zero-order chi connectivity index (χ0) is 22.6. The SMILES string of the molecule is CN(C(=O)OC(C)(C)C)[C@@H]1CCN(c2ncnc3c2oc2ccc(C(F)(F)F)cc23)C1. The first-order valence-electron chi connectivity index (χ1n) is 9.89. The summed E-state index contributed by atoms with van der Waals surface area (Å²) < 4.78 is 50.6. The second-order valence-electron chi connectivity index (χ2n) is 8.67. The van der Waals surface area contributed by atoms with Gasteiger partial charge in [0.15, 0.2) is 11.4 Å². The van der Waals surface area contributed by atoms with Crippen LogP contribution in [-0.4, -0.2) is 52.7 Å². The molecule has 0 radical (unpaired) electrons. The van der Waals surface area contributed by atoms with Gasteiger partial charge >= 0.3 is 12.3 Å². The van der Waals surface area contributed by atoms with Crippen molar-refractivity contribution in [3.63, 3.8) is 0 Å². The molecule has 7 nitrogen and oxygen atoms in total. The summed E-state index contributed by atoms with van der Waals surface area (Å²) in [5, 5.41) is 0.287. The van der Waals surface area contributed by atoms with Gasteiger partial charge in [0.2, 0.25) is 0 Å². The third-order valence-electron chi connectivity index (χ3n) is 5.25. The number of alkyl halides is 3. The van der Waals surface area contributed by atoms with Crippen molar-refractivity contribution in [2.45, 2.75) is 45.0 Å². The number of hydrogen-bond donors (Lipinski definition) is 0. The quantitative estimate of drug-likeness (QED) is 0.573. The Hall–Kier alpha value is -3.04. The van der Waals surface area contributed by atoms with Crippen LogP contribution in [0.25, 0.3) is 22.1 Å². The van der Waals surface area contributed by atoms with Crippen LogP contribution in [0.15, 0.2) is 28.9 Å². The molecule has 166 valence electrons. The molecule has 3 aromatic rings. The van der Waals surface area contributed by atoms with E-state index in [9.17, 15) is 18.0 Å². The first-order chi connectivity index (χ1) is 14.4. The number of carbonyl (C=O) groups is 1. The third kappa shape index (κ3) is 4.11. The second-order valence-corrected chi connectivity index (χ2v) is 8.67. The molecule has 3 heterocycles. The minimum Gasteiger partial charge on any atom is -0.450 e.